The summed E-state index contributed by atoms with van der Waals surface area (Å²) >= 11 is 12.2. The number of nitrogens with zero attached hydrogens (tertiary/aromatic N) is 2. The van der Waals surface area contributed by atoms with Gasteiger partial charge in [-0.05, 0) is 32.0 Å². The molecule has 5 nitrogen and oxygen atoms in total. The fourth-order valence-electron chi connectivity index (χ4n) is 2.25. The third kappa shape index (κ3) is 4.61. The number of benzene rings is 1. The second-order valence-electron chi connectivity index (χ2n) is 4.97. The first-order valence-electron chi connectivity index (χ1n) is 6.91. The molecule has 0 fully saturated rings. The van der Waals surface area contributed by atoms with Crippen molar-refractivity contribution in [3.8, 4) is 5.69 Å². The van der Waals surface area contributed by atoms with Crippen LogP contribution in [0.1, 0.15) is 17.0 Å². The number of carbonyl (C=O) groups is 1. The molecule has 0 unspecified atom stereocenters. The molecular formula is C15H19Cl3N4O. The first-order valence-corrected chi connectivity index (χ1v) is 7.67. The van der Waals surface area contributed by atoms with Crippen LogP contribution >= 0.6 is 35.6 Å². The van der Waals surface area contributed by atoms with Gasteiger partial charge in [-0.15, -0.1) is 12.4 Å². The predicted molar refractivity (Wildman–Crippen MR) is 96.1 cm³/mol. The highest BCUT2D eigenvalue weighted by Crippen LogP contribution is 2.27. The Kier molecular flexibility index (Phi) is 7.35. The van der Waals surface area contributed by atoms with E-state index in [2.05, 4.69) is 10.4 Å². The molecule has 0 bridgehead atoms. The largest absolute Gasteiger partial charge is 0.355 e. The predicted octanol–water partition coefficient (Wildman–Crippen LogP) is 2.84. The number of hydrogen-bond acceptors (Lipinski definition) is 3. The van der Waals surface area contributed by atoms with E-state index in [1.165, 1.54) is 0 Å². The van der Waals surface area contributed by atoms with Crippen molar-refractivity contribution in [1.82, 2.24) is 15.1 Å². The highest BCUT2D eigenvalue weighted by Gasteiger charge is 2.17. The molecule has 2 aromatic rings. The van der Waals surface area contributed by atoms with Crippen LogP contribution in [0.25, 0.3) is 5.69 Å². The quantitative estimate of drug-likeness (QED) is 0.841. The van der Waals surface area contributed by atoms with Crippen molar-refractivity contribution in [1.29, 1.82) is 0 Å². The number of halogens is 3. The second-order valence-corrected chi connectivity index (χ2v) is 5.82. The molecule has 0 spiro atoms. The van der Waals surface area contributed by atoms with Gasteiger partial charge in [0.2, 0.25) is 5.91 Å². The zero-order chi connectivity index (χ0) is 16.3. The van der Waals surface area contributed by atoms with Gasteiger partial charge in [-0.1, -0.05) is 23.2 Å². The first kappa shape index (κ1) is 19.8. The average Bonchev–Trinajstić information content (AvgIpc) is 2.73. The van der Waals surface area contributed by atoms with E-state index in [0.717, 1.165) is 22.6 Å². The van der Waals surface area contributed by atoms with E-state index in [-0.39, 0.29) is 24.7 Å². The van der Waals surface area contributed by atoms with Gasteiger partial charge >= 0.3 is 0 Å². The molecule has 0 aliphatic heterocycles. The van der Waals surface area contributed by atoms with Crippen LogP contribution in [0.2, 0.25) is 10.0 Å². The van der Waals surface area contributed by atoms with Crippen molar-refractivity contribution < 1.29 is 4.79 Å². The van der Waals surface area contributed by atoms with E-state index < -0.39 is 0 Å². The molecule has 8 heteroatoms. The Morgan fingerprint density at radius 2 is 2.04 bits per heavy atom. The van der Waals surface area contributed by atoms with Crippen LogP contribution in [0.4, 0.5) is 0 Å². The zero-order valence-corrected chi connectivity index (χ0v) is 15.2. The van der Waals surface area contributed by atoms with Gasteiger partial charge in [-0.2, -0.15) is 5.10 Å². The fourth-order valence-corrected chi connectivity index (χ4v) is 2.74. The summed E-state index contributed by atoms with van der Waals surface area (Å²) < 4.78 is 1.74. The standard InChI is InChI=1S/C15H18Cl2N4O.ClH/c1-9-12(8-15(22)19-6-5-18)10(2)21(20-9)14-4-3-11(16)7-13(14)17;/h3-4,7H,5-6,8,18H2,1-2H3,(H,19,22);1H. The van der Waals surface area contributed by atoms with Gasteiger partial charge in [-0.25, -0.2) is 4.68 Å². The molecule has 1 aromatic carbocycles. The summed E-state index contributed by atoms with van der Waals surface area (Å²) in [5.74, 6) is -0.0709. The van der Waals surface area contributed by atoms with Gasteiger partial charge < -0.3 is 11.1 Å². The number of aromatic nitrogens is 2. The number of rotatable bonds is 5. The number of aryl methyl sites for hydroxylation is 1. The van der Waals surface area contributed by atoms with Gasteiger partial charge in [0, 0.05) is 29.4 Å². The molecule has 0 saturated heterocycles. The lowest BCUT2D eigenvalue weighted by Crippen LogP contribution is -2.30. The lowest BCUT2D eigenvalue weighted by molar-refractivity contribution is -0.120. The number of amides is 1. The van der Waals surface area contributed by atoms with Crippen molar-refractivity contribution in [3.05, 3.63) is 45.2 Å². The van der Waals surface area contributed by atoms with Crippen LogP contribution < -0.4 is 11.1 Å². The maximum absolute atomic E-state index is 11.9. The Morgan fingerprint density at radius 3 is 2.65 bits per heavy atom. The van der Waals surface area contributed by atoms with Crippen molar-refractivity contribution in [2.45, 2.75) is 20.3 Å². The highest BCUT2D eigenvalue weighted by molar-refractivity contribution is 6.35. The maximum atomic E-state index is 11.9. The van der Waals surface area contributed by atoms with Gasteiger partial charge in [0.15, 0.2) is 0 Å². The third-order valence-electron chi connectivity index (χ3n) is 3.38. The molecule has 0 atom stereocenters. The lowest BCUT2D eigenvalue weighted by Gasteiger charge is -2.08. The summed E-state index contributed by atoms with van der Waals surface area (Å²) in [4.78, 5) is 11.9. The molecule has 2 rings (SSSR count). The molecule has 23 heavy (non-hydrogen) atoms. The van der Waals surface area contributed by atoms with E-state index >= 15 is 0 Å². The molecule has 126 valence electrons. The summed E-state index contributed by atoms with van der Waals surface area (Å²) in [6.07, 6.45) is 0.267. The molecule has 1 heterocycles. The summed E-state index contributed by atoms with van der Waals surface area (Å²) in [5.41, 5.74) is 8.68. The van der Waals surface area contributed by atoms with Gasteiger partial charge in [0.1, 0.15) is 0 Å². The molecule has 0 aliphatic rings. The normalized spacial score (nSPS) is 10.3. The highest BCUT2D eigenvalue weighted by atomic mass is 35.5. The maximum Gasteiger partial charge on any atom is 0.224 e. The van der Waals surface area contributed by atoms with Crippen molar-refractivity contribution in [3.63, 3.8) is 0 Å². The van der Waals surface area contributed by atoms with Crippen LogP contribution in [-0.2, 0) is 11.2 Å². The van der Waals surface area contributed by atoms with Crippen molar-refractivity contribution >= 4 is 41.5 Å². The van der Waals surface area contributed by atoms with Crippen LogP contribution in [0.5, 0.6) is 0 Å². The average molecular weight is 378 g/mol. The minimum Gasteiger partial charge on any atom is -0.355 e. The lowest BCUT2D eigenvalue weighted by atomic mass is 10.1. The third-order valence-corrected chi connectivity index (χ3v) is 3.92. The zero-order valence-electron chi connectivity index (χ0n) is 12.9. The SMILES string of the molecule is Cc1nn(-c2ccc(Cl)cc2Cl)c(C)c1CC(=O)NCCN.Cl. The first-order chi connectivity index (χ1) is 10.4. The number of nitrogens with two attached hydrogens (primary N) is 1. The van der Waals surface area contributed by atoms with Crippen LogP contribution in [0.15, 0.2) is 18.2 Å². The summed E-state index contributed by atoms with van der Waals surface area (Å²) in [6, 6.07) is 5.23. The monoisotopic (exact) mass is 376 g/mol. The minimum atomic E-state index is -0.0709. The molecule has 1 aromatic heterocycles. The second kappa shape index (κ2) is 8.55. The van der Waals surface area contributed by atoms with Gasteiger partial charge in [0.25, 0.3) is 0 Å². The topological polar surface area (TPSA) is 72.9 Å². The van der Waals surface area contributed by atoms with E-state index in [0.29, 0.717) is 23.1 Å². The van der Waals surface area contributed by atoms with Crippen LogP contribution in [0, 0.1) is 13.8 Å². The molecular weight excluding hydrogens is 359 g/mol. The minimum absolute atomic E-state index is 0. The molecule has 0 aliphatic carbocycles. The Hall–Kier alpha value is -1.27. The summed E-state index contributed by atoms with van der Waals surface area (Å²) in [6.45, 7) is 4.67. The van der Waals surface area contributed by atoms with Gasteiger partial charge in [0.05, 0.1) is 22.8 Å². The Morgan fingerprint density at radius 1 is 1.35 bits per heavy atom. The van der Waals surface area contributed by atoms with Crippen LogP contribution in [0.3, 0.4) is 0 Å². The summed E-state index contributed by atoms with van der Waals surface area (Å²) in [7, 11) is 0. The molecule has 0 radical (unpaired) electrons. The van der Waals surface area contributed by atoms with Crippen molar-refractivity contribution in [2.75, 3.05) is 13.1 Å². The molecule has 3 N–H and O–H groups in total. The number of nitrogens with one attached hydrogen (secondary N) is 1. The van der Waals surface area contributed by atoms with E-state index in [4.69, 9.17) is 28.9 Å². The van der Waals surface area contributed by atoms with Crippen LogP contribution in [-0.4, -0.2) is 28.8 Å². The number of carbonyl (C=O) groups excluding carboxylic acids is 1. The Balaban J connectivity index is 0.00000264. The van der Waals surface area contributed by atoms with Gasteiger partial charge in [-0.3, -0.25) is 4.79 Å². The fraction of sp³-hybridized carbons (Fsp3) is 0.333. The molecule has 1 amide bonds. The van der Waals surface area contributed by atoms with Crippen molar-refractivity contribution in [2.24, 2.45) is 5.73 Å². The molecule has 0 saturated carbocycles. The number of hydrogen-bond donors (Lipinski definition) is 2. The van der Waals surface area contributed by atoms with E-state index in [1.807, 2.05) is 19.9 Å². The Bertz CT molecular complexity index is 700. The van der Waals surface area contributed by atoms with E-state index in [9.17, 15) is 4.79 Å². The van der Waals surface area contributed by atoms with E-state index in [1.54, 1.807) is 16.8 Å². The summed E-state index contributed by atoms with van der Waals surface area (Å²) in [5, 5.41) is 8.33. The smallest absolute Gasteiger partial charge is 0.224 e. The Labute approximate surface area is 151 Å².